The summed E-state index contributed by atoms with van der Waals surface area (Å²) in [4.78, 5) is 18.4. The lowest BCUT2D eigenvalue weighted by molar-refractivity contribution is 0.136. The molecule has 0 aliphatic heterocycles. The molecule has 0 spiro atoms. The van der Waals surface area contributed by atoms with Crippen LogP contribution in [0.1, 0.15) is 23.4 Å². The van der Waals surface area contributed by atoms with E-state index >= 15 is 0 Å². The number of pyridine rings is 1. The Morgan fingerprint density at radius 2 is 2.06 bits per heavy atom. The van der Waals surface area contributed by atoms with Crippen LogP contribution in [-0.4, -0.2) is 35.4 Å². The predicted octanol–water partition coefficient (Wildman–Crippen LogP) is 4.93. The molecular weight excluding hydrogens is 451 g/mol. The zero-order valence-electron chi connectivity index (χ0n) is 17.0. The highest BCUT2D eigenvalue weighted by Gasteiger charge is 2.25. The summed E-state index contributed by atoms with van der Waals surface area (Å²) in [7, 11) is 2.81. The maximum absolute atomic E-state index is 13.4. The second-order valence-electron chi connectivity index (χ2n) is 6.50. The topological polar surface area (TPSA) is 92.4 Å². The number of nitrogens with zero attached hydrogens (tertiary/aromatic N) is 3. The summed E-state index contributed by atoms with van der Waals surface area (Å²) in [5, 5.41) is 8.65. The molecule has 2 aromatic heterocycles. The molecule has 32 heavy (non-hydrogen) atoms. The Balaban J connectivity index is 1.95. The van der Waals surface area contributed by atoms with Crippen molar-refractivity contribution in [2.75, 3.05) is 24.4 Å². The maximum atomic E-state index is 13.4. The van der Waals surface area contributed by atoms with Crippen molar-refractivity contribution in [2.24, 2.45) is 0 Å². The van der Waals surface area contributed by atoms with Crippen LogP contribution in [-0.2, 0) is 17.9 Å². The summed E-state index contributed by atoms with van der Waals surface area (Å²) in [5.74, 6) is -0.317. The fourth-order valence-electron chi connectivity index (χ4n) is 2.89. The number of alkyl halides is 2. The summed E-state index contributed by atoms with van der Waals surface area (Å²) in [6, 6.07) is 6.17. The minimum atomic E-state index is -2.82. The van der Waals surface area contributed by atoms with Crippen molar-refractivity contribution < 1.29 is 27.4 Å². The van der Waals surface area contributed by atoms with Crippen molar-refractivity contribution in [3.63, 3.8) is 0 Å². The number of H-pyrrole nitrogens is 1. The second-order valence-corrected chi connectivity index (χ2v) is 6.91. The van der Waals surface area contributed by atoms with Crippen molar-refractivity contribution in [1.29, 1.82) is 0 Å². The molecule has 0 aliphatic rings. The number of benzene rings is 1. The lowest BCUT2D eigenvalue weighted by Gasteiger charge is -2.23. The molecule has 0 bridgehead atoms. The standard InChI is InChI=1S/C20H19ClF3N5O3/c1-31-10-13-16(27-28-18(13)19(23)24)9-29(12-4-6-17(32-2)25-8-12)20(30)26-11-3-5-15(22)14(21)7-11/h3-8,19H,9-10H2,1-2H3,(H,26,30)(H,27,28). The van der Waals surface area contributed by atoms with Gasteiger partial charge >= 0.3 is 6.03 Å². The Kier molecular flexibility index (Phi) is 7.54. The van der Waals surface area contributed by atoms with E-state index < -0.39 is 24.0 Å². The van der Waals surface area contributed by atoms with Gasteiger partial charge in [-0.2, -0.15) is 5.10 Å². The lowest BCUT2D eigenvalue weighted by atomic mass is 10.1. The van der Waals surface area contributed by atoms with E-state index in [0.29, 0.717) is 11.6 Å². The minimum Gasteiger partial charge on any atom is -0.481 e. The monoisotopic (exact) mass is 469 g/mol. The normalized spacial score (nSPS) is 11.0. The van der Waals surface area contributed by atoms with Crippen LogP contribution in [0.3, 0.4) is 0 Å². The fraction of sp³-hybridized carbons (Fsp3) is 0.250. The Bertz CT molecular complexity index is 1080. The molecule has 0 fully saturated rings. The van der Waals surface area contributed by atoms with Crippen LogP contribution in [0.5, 0.6) is 5.88 Å². The number of methoxy groups -OCH3 is 2. The number of amides is 2. The molecule has 1 aromatic carbocycles. The van der Waals surface area contributed by atoms with Gasteiger partial charge in [0.2, 0.25) is 5.88 Å². The molecule has 0 atom stereocenters. The summed E-state index contributed by atoms with van der Waals surface area (Å²) in [6.45, 7) is -0.289. The maximum Gasteiger partial charge on any atom is 0.326 e. The van der Waals surface area contributed by atoms with E-state index in [1.54, 1.807) is 6.07 Å². The van der Waals surface area contributed by atoms with Crippen molar-refractivity contribution in [3.8, 4) is 5.88 Å². The zero-order chi connectivity index (χ0) is 23.3. The Hall–Kier alpha value is -3.31. The molecule has 3 aromatic rings. The van der Waals surface area contributed by atoms with E-state index in [2.05, 4.69) is 20.5 Å². The molecule has 8 nitrogen and oxygen atoms in total. The first kappa shape index (κ1) is 23.4. The molecule has 0 radical (unpaired) electrons. The smallest absolute Gasteiger partial charge is 0.326 e. The highest BCUT2D eigenvalue weighted by molar-refractivity contribution is 6.31. The van der Waals surface area contributed by atoms with Crippen LogP contribution in [0.4, 0.5) is 29.3 Å². The number of halogens is 4. The van der Waals surface area contributed by atoms with Crippen molar-refractivity contribution >= 4 is 29.0 Å². The van der Waals surface area contributed by atoms with E-state index in [-0.39, 0.29) is 35.1 Å². The van der Waals surface area contributed by atoms with Gasteiger partial charge in [0, 0.05) is 24.4 Å². The van der Waals surface area contributed by atoms with Crippen molar-refractivity contribution in [3.05, 3.63) is 64.3 Å². The third-order valence-electron chi connectivity index (χ3n) is 4.45. The number of aromatic amines is 1. The van der Waals surface area contributed by atoms with Gasteiger partial charge in [-0.1, -0.05) is 11.6 Å². The Labute approximate surface area is 186 Å². The number of nitrogens with one attached hydrogen (secondary N) is 2. The molecular formula is C20H19ClF3N5O3. The average molecular weight is 470 g/mol. The van der Waals surface area contributed by atoms with E-state index in [4.69, 9.17) is 21.1 Å². The number of rotatable bonds is 8. The number of carbonyl (C=O) groups is 1. The van der Waals surface area contributed by atoms with Gasteiger partial charge in [-0.25, -0.2) is 22.9 Å². The molecule has 0 saturated carbocycles. The third-order valence-corrected chi connectivity index (χ3v) is 4.74. The molecule has 2 amide bonds. The van der Waals surface area contributed by atoms with Crippen molar-refractivity contribution in [2.45, 2.75) is 19.6 Å². The molecule has 3 rings (SSSR count). The van der Waals surface area contributed by atoms with Gasteiger partial charge in [0.15, 0.2) is 0 Å². The quantitative estimate of drug-likeness (QED) is 0.488. The second kappa shape index (κ2) is 10.3. The molecule has 0 saturated heterocycles. The highest BCUT2D eigenvalue weighted by atomic mass is 35.5. The number of hydrogen-bond acceptors (Lipinski definition) is 5. The van der Waals surface area contributed by atoms with Gasteiger partial charge in [0.25, 0.3) is 6.43 Å². The predicted molar refractivity (Wildman–Crippen MR) is 112 cm³/mol. The number of anilines is 2. The Morgan fingerprint density at radius 1 is 1.28 bits per heavy atom. The summed E-state index contributed by atoms with van der Waals surface area (Å²) >= 11 is 5.78. The molecule has 0 unspecified atom stereocenters. The largest absolute Gasteiger partial charge is 0.481 e. The number of hydrogen-bond donors (Lipinski definition) is 2. The highest BCUT2D eigenvalue weighted by Crippen LogP contribution is 2.27. The molecule has 0 aliphatic carbocycles. The minimum absolute atomic E-state index is 0.130. The van der Waals surface area contributed by atoms with Gasteiger partial charge in [-0.05, 0) is 24.3 Å². The van der Waals surface area contributed by atoms with E-state index in [1.807, 2.05) is 0 Å². The number of aromatic nitrogens is 3. The number of carbonyl (C=O) groups excluding carboxylic acids is 1. The first-order chi connectivity index (χ1) is 15.3. The summed E-state index contributed by atoms with van der Waals surface area (Å²) in [6.07, 6.45) is -1.44. The lowest BCUT2D eigenvalue weighted by Crippen LogP contribution is -2.35. The van der Waals surface area contributed by atoms with Crippen LogP contribution in [0.2, 0.25) is 5.02 Å². The van der Waals surface area contributed by atoms with E-state index in [9.17, 15) is 18.0 Å². The van der Waals surface area contributed by atoms with E-state index in [1.165, 1.54) is 43.5 Å². The third kappa shape index (κ3) is 5.29. The summed E-state index contributed by atoms with van der Waals surface area (Å²) in [5.41, 5.74) is 0.521. The van der Waals surface area contributed by atoms with Gasteiger partial charge in [0.1, 0.15) is 11.5 Å². The Morgan fingerprint density at radius 3 is 2.66 bits per heavy atom. The zero-order valence-corrected chi connectivity index (χ0v) is 17.8. The molecule has 2 heterocycles. The van der Waals surface area contributed by atoms with Crippen LogP contribution >= 0.6 is 11.6 Å². The van der Waals surface area contributed by atoms with Crippen LogP contribution in [0.15, 0.2) is 36.5 Å². The van der Waals surface area contributed by atoms with Crippen LogP contribution in [0.25, 0.3) is 0 Å². The average Bonchev–Trinajstić information content (AvgIpc) is 3.17. The van der Waals surface area contributed by atoms with Gasteiger partial charge in [-0.15, -0.1) is 0 Å². The first-order valence-corrected chi connectivity index (χ1v) is 9.58. The van der Waals surface area contributed by atoms with Gasteiger partial charge in [-0.3, -0.25) is 10.00 Å². The molecule has 12 heteroatoms. The SMILES string of the molecule is COCc1c(C(F)F)n[nH]c1CN(C(=O)Nc1ccc(F)c(Cl)c1)c1ccc(OC)nc1. The molecule has 2 N–H and O–H groups in total. The molecule has 170 valence electrons. The van der Waals surface area contributed by atoms with Crippen LogP contribution < -0.4 is 15.0 Å². The number of ether oxygens (including phenoxy) is 2. The first-order valence-electron chi connectivity index (χ1n) is 9.20. The summed E-state index contributed by atoms with van der Waals surface area (Å²) < 4.78 is 50.2. The number of urea groups is 1. The van der Waals surface area contributed by atoms with Crippen molar-refractivity contribution in [1.82, 2.24) is 15.2 Å². The van der Waals surface area contributed by atoms with Gasteiger partial charge < -0.3 is 14.8 Å². The van der Waals surface area contributed by atoms with E-state index in [0.717, 1.165) is 6.07 Å². The van der Waals surface area contributed by atoms with Crippen LogP contribution in [0, 0.1) is 5.82 Å². The fourth-order valence-corrected chi connectivity index (χ4v) is 3.07. The van der Waals surface area contributed by atoms with Gasteiger partial charge in [0.05, 0.1) is 42.9 Å².